The number of anilines is 1. The van der Waals surface area contributed by atoms with Gasteiger partial charge in [0.15, 0.2) is 0 Å². The molecule has 0 bridgehead atoms. The molecule has 1 aliphatic rings. The highest BCUT2D eigenvalue weighted by molar-refractivity contribution is 5.94. The van der Waals surface area contributed by atoms with Crippen LogP contribution in [0.2, 0.25) is 0 Å². The Morgan fingerprint density at radius 3 is 2.69 bits per heavy atom. The van der Waals surface area contributed by atoms with Crippen molar-refractivity contribution in [3.8, 4) is 0 Å². The van der Waals surface area contributed by atoms with Crippen molar-refractivity contribution >= 4 is 17.1 Å². The highest BCUT2D eigenvalue weighted by atomic mass is 19.1. The van der Waals surface area contributed by atoms with E-state index in [1.165, 1.54) is 12.1 Å². The average molecular weight is 395 g/mol. The van der Waals surface area contributed by atoms with E-state index in [1.807, 2.05) is 30.4 Å². The Morgan fingerprint density at radius 1 is 1.17 bits per heavy atom. The number of carbonyl (C=O) groups is 1. The van der Waals surface area contributed by atoms with Crippen LogP contribution in [0.25, 0.3) is 5.52 Å². The third-order valence-electron chi connectivity index (χ3n) is 5.62. The van der Waals surface area contributed by atoms with Gasteiger partial charge in [0, 0.05) is 43.6 Å². The van der Waals surface area contributed by atoms with Crippen molar-refractivity contribution in [3.63, 3.8) is 0 Å². The van der Waals surface area contributed by atoms with Crippen LogP contribution in [0.4, 0.5) is 10.1 Å². The molecule has 1 aromatic carbocycles. The maximum Gasteiger partial charge on any atom is 0.253 e. The van der Waals surface area contributed by atoms with Gasteiger partial charge in [-0.3, -0.25) is 4.79 Å². The fraction of sp³-hybridized carbons (Fsp3) is 0.364. The van der Waals surface area contributed by atoms with E-state index in [2.05, 4.69) is 27.1 Å². The normalized spacial score (nSPS) is 16.2. The van der Waals surface area contributed by atoms with Crippen LogP contribution >= 0.6 is 0 Å². The number of imidazole rings is 1. The van der Waals surface area contributed by atoms with E-state index in [9.17, 15) is 9.18 Å². The van der Waals surface area contributed by atoms with Crippen LogP contribution in [0, 0.1) is 12.7 Å². The number of likely N-dealkylation sites (N-methyl/N-ethyl adjacent to an activating group) is 1. The first kappa shape index (κ1) is 19.4. The molecule has 7 heteroatoms. The van der Waals surface area contributed by atoms with Gasteiger partial charge in [-0.1, -0.05) is 0 Å². The van der Waals surface area contributed by atoms with Crippen molar-refractivity contribution in [3.05, 3.63) is 65.5 Å². The Hall–Kier alpha value is -2.93. The number of nitrogens with one attached hydrogen (secondary N) is 1. The van der Waals surface area contributed by atoms with Gasteiger partial charge in [-0.2, -0.15) is 0 Å². The third kappa shape index (κ3) is 3.96. The molecular weight excluding hydrogens is 369 g/mol. The zero-order valence-corrected chi connectivity index (χ0v) is 17.0. The summed E-state index contributed by atoms with van der Waals surface area (Å²) < 4.78 is 15.9. The molecule has 1 unspecified atom stereocenters. The molecule has 3 heterocycles. The summed E-state index contributed by atoms with van der Waals surface area (Å²) in [4.78, 5) is 21.7. The minimum atomic E-state index is -0.326. The van der Waals surface area contributed by atoms with E-state index in [0.717, 1.165) is 48.8 Å². The molecule has 6 nitrogen and oxygen atoms in total. The molecule has 1 atom stereocenters. The number of fused-ring (bicyclic) bond motifs is 1. The number of aryl methyl sites for hydroxylation is 1. The summed E-state index contributed by atoms with van der Waals surface area (Å²) in [6.07, 6.45) is 3.56. The molecule has 0 spiro atoms. The maximum atomic E-state index is 14.0. The fourth-order valence-corrected chi connectivity index (χ4v) is 3.82. The molecule has 3 aromatic rings. The van der Waals surface area contributed by atoms with Crippen molar-refractivity contribution in [2.45, 2.75) is 19.9 Å². The Labute approximate surface area is 170 Å². The number of benzene rings is 1. The van der Waals surface area contributed by atoms with E-state index in [4.69, 9.17) is 0 Å². The smallest absolute Gasteiger partial charge is 0.253 e. The van der Waals surface area contributed by atoms with Crippen LogP contribution in [-0.2, 0) is 0 Å². The molecule has 1 amide bonds. The summed E-state index contributed by atoms with van der Waals surface area (Å²) in [7, 11) is 2.10. The molecule has 0 aliphatic carbocycles. The lowest BCUT2D eigenvalue weighted by atomic mass is 10.0. The number of piperazine rings is 1. The van der Waals surface area contributed by atoms with Crippen LogP contribution in [0.5, 0.6) is 0 Å². The predicted molar refractivity (Wildman–Crippen MR) is 112 cm³/mol. The molecule has 29 heavy (non-hydrogen) atoms. The molecule has 2 aromatic heterocycles. The number of nitrogens with zero attached hydrogens (tertiary/aromatic N) is 4. The van der Waals surface area contributed by atoms with E-state index < -0.39 is 0 Å². The molecule has 0 saturated carbocycles. The zero-order chi connectivity index (χ0) is 20.5. The maximum absolute atomic E-state index is 14.0. The molecule has 1 fully saturated rings. The number of pyridine rings is 1. The number of halogens is 1. The second-order valence-corrected chi connectivity index (χ2v) is 7.71. The minimum absolute atomic E-state index is 0.193. The predicted octanol–water partition coefficient (Wildman–Crippen LogP) is 3.02. The lowest BCUT2D eigenvalue weighted by Gasteiger charge is -2.36. The molecule has 1 saturated heterocycles. The van der Waals surface area contributed by atoms with Crippen molar-refractivity contribution in [1.29, 1.82) is 0 Å². The molecule has 4 rings (SSSR count). The standard InChI is InChI=1S/C22H26FN5O/c1-15(25-22(29)17-4-6-19-13-24-16(2)28(19)14-17)20-12-18(23)5-7-21(20)27-10-8-26(3)9-11-27/h4-7,12-15H,8-11H2,1-3H3,(H,25,29). The molecule has 1 N–H and O–H groups in total. The van der Waals surface area contributed by atoms with Gasteiger partial charge in [0.05, 0.1) is 23.3 Å². The van der Waals surface area contributed by atoms with Crippen LogP contribution in [-0.4, -0.2) is 53.4 Å². The monoisotopic (exact) mass is 395 g/mol. The van der Waals surface area contributed by atoms with E-state index >= 15 is 0 Å². The Morgan fingerprint density at radius 2 is 1.93 bits per heavy atom. The average Bonchev–Trinajstić information content (AvgIpc) is 3.09. The van der Waals surface area contributed by atoms with Gasteiger partial charge in [-0.15, -0.1) is 0 Å². The molecular formula is C22H26FN5O. The quantitative estimate of drug-likeness (QED) is 0.738. The lowest BCUT2D eigenvalue weighted by Crippen LogP contribution is -2.45. The van der Waals surface area contributed by atoms with Gasteiger partial charge in [-0.25, -0.2) is 9.37 Å². The van der Waals surface area contributed by atoms with Gasteiger partial charge in [0.25, 0.3) is 5.91 Å². The van der Waals surface area contributed by atoms with Gasteiger partial charge in [0.1, 0.15) is 11.6 Å². The molecule has 1 aliphatic heterocycles. The van der Waals surface area contributed by atoms with Crippen LogP contribution in [0.3, 0.4) is 0 Å². The largest absolute Gasteiger partial charge is 0.369 e. The van der Waals surface area contributed by atoms with E-state index in [0.29, 0.717) is 5.56 Å². The van der Waals surface area contributed by atoms with E-state index in [1.54, 1.807) is 18.5 Å². The Balaban J connectivity index is 1.57. The summed E-state index contributed by atoms with van der Waals surface area (Å²) >= 11 is 0. The van der Waals surface area contributed by atoms with Crippen LogP contribution in [0.1, 0.15) is 34.7 Å². The van der Waals surface area contributed by atoms with Gasteiger partial charge in [0.2, 0.25) is 0 Å². The van der Waals surface area contributed by atoms with Crippen molar-refractivity contribution in [1.82, 2.24) is 19.6 Å². The first-order valence-corrected chi connectivity index (χ1v) is 9.90. The summed E-state index contributed by atoms with van der Waals surface area (Å²) in [5.41, 5.74) is 3.26. The summed E-state index contributed by atoms with van der Waals surface area (Å²) in [5, 5.41) is 3.03. The lowest BCUT2D eigenvalue weighted by molar-refractivity contribution is 0.0939. The van der Waals surface area contributed by atoms with Crippen molar-refractivity contribution in [2.75, 3.05) is 38.1 Å². The van der Waals surface area contributed by atoms with Gasteiger partial charge < -0.3 is 19.5 Å². The number of rotatable bonds is 4. The first-order valence-electron chi connectivity index (χ1n) is 9.90. The van der Waals surface area contributed by atoms with Crippen LogP contribution in [0.15, 0.2) is 42.7 Å². The van der Waals surface area contributed by atoms with Crippen molar-refractivity contribution in [2.24, 2.45) is 0 Å². The first-order chi connectivity index (χ1) is 13.9. The highest BCUT2D eigenvalue weighted by Gasteiger charge is 2.21. The number of hydrogen-bond donors (Lipinski definition) is 1. The second kappa shape index (κ2) is 7.83. The topological polar surface area (TPSA) is 52.9 Å². The number of carbonyl (C=O) groups excluding carboxylic acids is 1. The van der Waals surface area contributed by atoms with Gasteiger partial charge >= 0.3 is 0 Å². The Bertz CT molecular complexity index is 1040. The third-order valence-corrected chi connectivity index (χ3v) is 5.62. The minimum Gasteiger partial charge on any atom is -0.369 e. The second-order valence-electron chi connectivity index (χ2n) is 7.71. The van der Waals surface area contributed by atoms with Crippen molar-refractivity contribution < 1.29 is 9.18 Å². The van der Waals surface area contributed by atoms with Gasteiger partial charge in [-0.05, 0) is 51.2 Å². The highest BCUT2D eigenvalue weighted by Crippen LogP contribution is 2.28. The van der Waals surface area contributed by atoms with E-state index in [-0.39, 0.29) is 17.8 Å². The summed E-state index contributed by atoms with van der Waals surface area (Å²) in [5.74, 6) is 0.334. The Kier molecular flexibility index (Phi) is 5.24. The summed E-state index contributed by atoms with van der Waals surface area (Å²) in [6.45, 7) is 7.47. The van der Waals surface area contributed by atoms with Crippen LogP contribution < -0.4 is 10.2 Å². The number of aromatic nitrogens is 2. The molecule has 152 valence electrons. The number of amides is 1. The zero-order valence-electron chi connectivity index (χ0n) is 17.0. The number of hydrogen-bond acceptors (Lipinski definition) is 4. The fourth-order valence-electron chi connectivity index (χ4n) is 3.82. The molecule has 0 radical (unpaired) electrons. The SMILES string of the molecule is Cc1ncc2ccc(C(=O)NC(C)c3cc(F)ccc3N3CCN(C)CC3)cn12. The summed E-state index contributed by atoms with van der Waals surface area (Å²) in [6, 6.07) is 8.17.